The van der Waals surface area contributed by atoms with Crippen molar-refractivity contribution >= 4 is 12.0 Å². The minimum Gasteiger partial charge on any atom is -0.486 e. The number of hydrogen-bond donors (Lipinski definition) is 1. The fourth-order valence-electron chi connectivity index (χ4n) is 2.24. The minimum absolute atomic E-state index is 0.0285. The molecule has 2 aromatic rings. The van der Waals surface area contributed by atoms with E-state index in [1.54, 1.807) is 42.7 Å². The van der Waals surface area contributed by atoms with Gasteiger partial charge >= 0.3 is 0 Å². The van der Waals surface area contributed by atoms with Crippen LogP contribution in [0.1, 0.15) is 11.1 Å². The van der Waals surface area contributed by atoms with Crippen molar-refractivity contribution in [3.05, 3.63) is 59.4 Å². The molecule has 1 aromatic heterocycles. The van der Waals surface area contributed by atoms with Crippen LogP contribution in [-0.4, -0.2) is 24.1 Å². The zero-order chi connectivity index (χ0) is 16.8. The number of hydrogen-bond acceptors (Lipinski definition) is 5. The Balaban J connectivity index is 1.72. The van der Waals surface area contributed by atoms with E-state index in [1.165, 1.54) is 6.08 Å². The Morgan fingerprint density at radius 1 is 1.21 bits per heavy atom. The minimum atomic E-state index is -0.427. The fraction of sp³-hybridized carbons (Fsp3) is 0.167. The van der Waals surface area contributed by atoms with Gasteiger partial charge < -0.3 is 14.8 Å². The summed E-state index contributed by atoms with van der Waals surface area (Å²) < 4.78 is 11.0. The lowest BCUT2D eigenvalue weighted by Gasteiger charge is -2.18. The van der Waals surface area contributed by atoms with Gasteiger partial charge in [0, 0.05) is 18.9 Å². The Bertz CT molecular complexity index is 810. The van der Waals surface area contributed by atoms with Crippen molar-refractivity contribution in [2.45, 2.75) is 6.54 Å². The Morgan fingerprint density at radius 2 is 1.96 bits per heavy atom. The van der Waals surface area contributed by atoms with E-state index in [0.29, 0.717) is 36.8 Å². The number of nitriles is 1. The van der Waals surface area contributed by atoms with Gasteiger partial charge in [-0.25, -0.2) is 0 Å². The highest BCUT2D eigenvalue weighted by Gasteiger charge is 2.13. The maximum Gasteiger partial charge on any atom is 0.262 e. The van der Waals surface area contributed by atoms with Crippen molar-refractivity contribution in [1.29, 1.82) is 5.26 Å². The first-order chi connectivity index (χ1) is 11.8. The van der Waals surface area contributed by atoms with Crippen LogP contribution in [0.3, 0.4) is 0 Å². The van der Waals surface area contributed by atoms with Crippen molar-refractivity contribution in [3.8, 4) is 17.6 Å². The number of benzene rings is 1. The summed E-state index contributed by atoms with van der Waals surface area (Å²) >= 11 is 0. The molecule has 6 nitrogen and oxygen atoms in total. The predicted molar refractivity (Wildman–Crippen MR) is 87.1 cm³/mol. The number of rotatable bonds is 4. The number of carbonyl (C=O) groups excluding carboxylic acids is 1. The Kier molecular flexibility index (Phi) is 4.73. The van der Waals surface area contributed by atoms with Gasteiger partial charge in [0.15, 0.2) is 11.5 Å². The number of fused-ring (bicyclic) bond motifs is 1. The van der Waals surface area contributed by atoms with Crippen LogP contribution in [0, 0.1) is 11.3 Å². The van der Waals surface area contributed by atoms with Crippen LogP contribution in [0.15, 0.2) is 48.3 Å². The number of amides is 1. The van der Waals surface area contributed by atoms with Crippen LogP contribution >= 0.6 is 0 Å². The van der Waals surface area contributed by atoms with Gasteiger partial charge in [0.1, 0.15) is 24.9 Å². The quantitative estimate of drug-likeness (QED) is 0.688. The van der Waals surface area contributed by atoms with Gasteiger partial charge in [-0.15, -0.1) is 0 Å². The normalized spacial score (nSPS) is 13.0. The third-order valence-electron chi connectivity index (χ3n) is 3.44. The second-order valence-electron chi connectivity index (χ2n) is 5.11. The summed E-state index contributed by atoms with van der Waals surface area (Å²) in [6, 6.07) is 10.8. The molecule has 0 atom stereocenters. The monoisotopic (exact) mass is 321 g/mol. The molecule has 0 saturated heterocycles. The molecule has 6 heteroatoms. The topological polar surface area (TPSA) is 84.2 Å². The standard InChI is InChI=1S/C18H15N3O3/c19-11-15(18(22)21-12-13-3-5-20-6-4-13)9-14-1-2-16-17(10-14)24-8-7-23-16/h1-6,9-10H,7-8,12H2,(H,21,22)/b15-9+. The van der Waals surface area contributed by atoms with E-state index in [2.05, 4.69) is 10.3 Å². The number of carbonyl (C=O) groups is 1. The molecule has 0 aliphatic carbocycles. The zero-order valence-electron chi connectivity index (χ0n) is 12.9. The van der Waals surface area contributed by atoms with Gasteiger partial charge in [-0.2, -0.15) is 5.26 Å². The summed E-state index contributed by atoms with van der Waals surface area (Å²) in [5, 5.41) is 12.0. The van der Waals surface area contributed by atoms with Gasteiger partial charge in [-0.1, -0.05) is 6.07 Å². The van der Waals surface area contributed by atoms with E-state index in [-0.39, 0.29) is 5.57 Å². The average Bonchev–Trinajstić information content (AvgIpc) is 2.65. The van der Waals surface area contributed by atoms with E-state index in [4.69, 9.17) is 9.47 Å². The van der Waals surface area contributed by atoms with Crippen molar-refractivity contribution in [3.63, 3.8) is 0 Å². The summed E-state index contributed by atoms with van der Waals surface area (Å²) in [5.41, 5.74) is 1.64. The molecule has 0 unspecified atom stereocenters. The van der Waals surface area contributed by atoms with Gasteiger partial charge in [0.25, 0.3) is 5.91 Å². The predicted octanol–water partition coefficient (Wildman–Crippen LogP) is 2.08. The van der Waals surface area contributed by atoms with Gasteiger partial charge in [0.05, 0.1) is 0 Å². The van der Waals surface area contributed by atoms with Crippen LogP contribution in [0.25, 0.3) is 6.08 Å². The molecule has 1 N–H and O–H groups in total. The molecule has 1 amide bonds. The van der Waals surface area contributed by atoms with E-state index in [1.807, 2.05) is 6.07 Å². The Hall–Kier alpha value is -3.33. The largest absolute Gasteiger partial charge is 0.486 e. The fourth-order valence-corrected chi connectivity index (χ4v) is 2.24. The molecular weight excluding hydrogens is 306 g/mol. The van der Waals surface area contributed by atoms with Crippen molar-refractivity contribution in [2.75, 3.05) is 13.2 Å². The van der Waals surface area contributed by atoms with Crippen molar-refractivity contribution in [2.24, 2.45) is 0 Å². The summed E-state index contributed by atoms with van der Waals surface area (Å²) in [6.07, 6.45) is 4.83. The smallest absolute Gasteiger partial charge is 0.262 e. The van der Waals surface area contributed by atoms with Gasteiger partial charge in [-0.3, -0.25) is 9.78 Å². The van der Waals surface area contributed by atoms with Gasteiger partial charge in [0.2, 0.25) is 0 Å². The lowest BCUT2D eigenvalue weighted by Crippen LogP contribution is -2.23. The first kappa shape index (κ1) is 15.6. The third kappa shape index (κ3) is 3.70. The molecular formula is C18H15N3O3. The first-order valence-electron chi connectivity index (χ1n) is 7.45. The number of ether oxygens (including phenoxy) is 2. The van der Waals surface area contributed by atoms with Crippen LogP contribution in [0.2, 0.25) is 0 Å². The Labute approximate surface area is 139 Å². The molecule has 1 aromatic carbocycles. The van der Waals surface area contributed by atoms with E-state index in [9.17, 15) is 10.1 Å². The van der Waals surface area contributed by atoms with Crippen LogP contribution in [0.4, 0.5) is 0 Å². The molecule has 3 rings (SSSR count). The third-order valence-corrected chi connectivity index (χ3v) is 3.44. The summed E-state index contributed by atoms with van der Waals surface area (Å²) in [7, 11) is 0. The molecule has 0 spiro atoms. The number of nitrogens with zero attached hydrogens (tertiary/aromatic N) is 2. The molecule has 0 saturated carbocycles. The summed E-state index contributed by atoms with van der Waals surface area (Å²) in [5.74, 6) is 0.854. The van der Waals surface area contributed by atoms with E-state index in [0.717, 1.165) is 5.56 Å². The maximum absolute atomic E-state index is 12.2. The molecule has 24 heavy (non-hydrogen) atoms. The second-order valence-corrected chi connectivity index (χ2v) is 5.11. The molecule has 0 fully saturated rings. The second kappa shape index (κ2) is 7.29. The number of pyridine rings is 1. The maximum atomic E-state index is 12.2. The average molecular weight is 321 g/mol. The van der Waals surface area contributed by atoms with Crippen LogP contribution in [0.5, 0.6) is 11.5 Å². The summed E-state index contributed by atoms with van der Waals surface area (Å²) in [4.78, 5) is 16.1. The van der Waals surface area contributed by atoms with E-state index >= 15 is 0 Å². The number of aromatic nitrogens is 1. The zero-order valence-corrected chi connectivity index (χ0v) is 12.9. The molecule has 0 radical (unpaired) electrons. The molecule has 1 aliphatic heterocycles. The van der Waals surface area contributed by atoms with E-state index < -0.39 is 5.91 Å². The van der Waals surface area contributed by atoms with Crippen LogP contribution < -0.4 is 14.8 Å². The molecule has 120 valence electrons. The Morgan fingerprint density at radius 3 is 2.71 bits per heavy atom. The lowest BCUT2D eigenvalue weighted by molar-refractivity contribution is -0.117. The molecule has 2 heterocycles. The molecule has 1 aliphatic rings. The van der Waals surface area contributed by atoms with Gasteiger partial charge in [-0.05, 0) is 41.5 Å². The lowest BCUT2D eigenvalue weighted by atomic mass is 10.1. The molecule has 0 bridgehead atoms. The van der Waals surface area contributed by atoms with Crippen molar-refractivity contribution < 1.29 is 14.3 Å². The highest BCUT2D eigenvalue weighted by molar-refractivity contribution is 6.01. The van der Waals surface area contributed by atoms with Crippen LogP contribution in [-0.2, 0) is 11.3 Å². The summed E-state index contributed by atoms with van der Waals surface area (Å²) in [6.45, 7) is 1.34. The SMILES string of the molecule is N#C/C(=C\c1ccc2c(c1)OCCO2)C(=O)NCc1ccncc1. The highest BCUT2D eigenvalue weighted by atomic mass is 16.6. The highest BCUT2D eigenvalue weighted by Crippen LogP contribution is 2.31. The first-order valence-corrected chi connectivity index (χ1v) is 7.45. The van der Waals surface area contributed by atoms with Crippen molar-refractivity contribution in [1.82, 2.24) is 10.3 Å². The number of nitrogens with one attached hydrogen (secondary N) is 1.